The standard InChI is InChI=1S/C15H23NO2/c1-17-11-15(18-2)10-16-14-8-7-12-5-3-4-6-13(12)9-14/h3-6,14-16H,7-11H2,1-2H3. The Morgan fingerprint density at radius 3 is 2.78 bits per heavy atom. The third-order valence-corrected chi connectivity index (χ3v) is 3.67. The molecule has 0 heterocycles. The van der Waals surface area contributed by atoms with Gasteiger partial charge in [-0.25, -0.2) is 0 Å². The fourth-order valence-corrected chi connectivity index (χ4v) is 2.57. The Bertz CT molecular complexity index is 367. The first kappa shape index (κ1) is 13.5. The van der Waals surface area contributed by atoms with Crippen molar-refractivity contribution in [3.8, 4) is 0 Å². The number of hydrogen-bond donors (Lipinski definition) is 1. The van der Waals surface area contributed by atoms with Gasteiger partial charge in [-0.1, -0.05) is 24.3 Å². The van der Waals surface area contributed by atoms with Crippen molar-refractivity contribution in [2.75, 3.05) is 27.4 Å². The minimum Gasteiger partial charge on any atom is -0.382 e. The summed E-state index contributed by atoms with van der Waals surface area (Å²) in [6, 6.07) is 9.31. The Balaban J connectivity index is 1.82. The van der Waals surface area contributed by atoms with Crippen LogP contribution in [-0.4, -0.2) is 39.5 Å². The van der Waals surface area contributed by atoms with Crippen molar-refractivity contribution in [1.82, 2.24) is 5.32 Å². The zero-order valence-electron chi connectivity index (χ0n) is 11.3. The Hall–Kier alpha value is -0.900. The van der Waals surface area contributed by atoms with Gasteiger partial charge in [0, 0.05) is 26.8 Å². The Morgan fingerprint density at radius 2 is 2.06 bits per heavy atom. The molecule has 2 atom stereocenters. The van der Waals surface area contributed by atoms with Crippen LogP contribution in [0.4, 0.5) is 0 Å². The van der Waals surface area contributed by atoms with Crippen molar-refractivity contribution in [3.63, 3.8) is 0 Å². The van der Waals surface area contributed by atoms with Gasteiger partial charge in [-0.2, -0.15) is 0 Å². The molecule has 1 N–H and O–H groups in total. The summed E-state index contributed by atoms with van der Waals surface area (Å²) in [7, 11) is 3.45. The molecule has 0 bridgehead atoms. The van der Waals surface area contributed by atoms with E-state index in [2.05, 4.69) is 29.6 Å². The fourth-order valence-electron chi connectivity index (χ4n) is 2.57. The van der Waals surface area contributed by atoms with E-state index in [1.807, 2.05) is 0 Å². The van der Waals surface area contributed by atoms with Crippen LogP contribution < -0.4 is 5.32 Å². The molecule has 0 saturated carbocycles. The van der Waals surface area contributed by atoms with Crippen LogP contribution in [0.15, 0.2) is 24.3 Å². The van der Waals surface area contributed by atoms with Crippen molar-refractivity contribution in [2.45, 2.75) is 31.4 Å². The Labute approximate surface area is 109 Å². The molecule has 0 aromatic heterocycles. The third-order valence-electron chi connectivity index (χ3n) is 3.67. The number of ether oxygens (including phenoxy) is 2. The van der Waals surface area contributed by atoms with Crippen LogP contribution in [0.3, 0.4) is 0 Å². The van der Waals surface area contributed by atoms with E-state index in [1.54, 1.807) is 14.2 Å². The molecule has 0 radical (unpaired) electrons. The fraction of sp³-hybridized carbons (Fsp3) is 0.600. The number of rotatable bonds is 6. The lowest BCUT2D eigenvalue weighted by Gasteiger charge is -2.27. The summed E-state index contributed by atoms with van der Waals surface area (Å²) >= 11 is 0. The zero-order chi connectivity index (χ0) is 12.8. The molecule has 1 aliphatic carbocycles. The van der Waals surface area contributed by atoms with Gasteiger partial charge in [-0.3, -0.25) is 0 Å². The highest BCUT2D eigenvalue weighted by atomic mass is 16.5. The second-order valence-electron chi connectivity index (χ2n) is 4.93. The molecule has 0 aliphatic heterocycles. The van der Waals surface area contributed by atoms with E-state index < -0.39 is 0 Å². The van der Waals surface area contributed by atoms with E-state index in [1.165, 1.54) is 24.0 Å². The monoisotopic (exact) mass is 249 g/mol. The largest absolute Gasteiger partial charge is 0.382 e. The number of benzene rings is 1. The first-order valence-electron chi connectivity index (χ1n) is 6.65. The van der Waals surface area contributed by atoms with Crippen molar-refractivity contribution in [3.05, 3.63) is 35.4 Å². The lowest BCUT2D eigenvalue weighted by molar-refractivity contribution is 0.0271. The highest BCUT2D eigenvalue weighted by Gasteiger charge is 2.18. The molecule has 18 heavy (non-hydrogen) atoms. The molecule has 1 aromatic rings. The maximum atomic E-state index is 5.36. The van der Waals surface area contributed by atoms with Crippen molar-refractivity contribution in [2.24, 2.45) is 0 Å². The zero-order valence-corrected chi connectivity index (χ0v) is 11.3. The second kappa shape index (κ2) is 6.88. The first-order chi connectivity index (χ1) is 8.83. The van der Waals surface area contributed by atoms with E-state index >= 15 is 0 Å². The van der Waals surface area contributed by atoms with Gasteiger partial charge >= 0.3 is 0 Å². The van der Waals surface area contributed by atoms with Gasteiger partial charge in [0.25, 0.3) is 0 Å². The molecular formula is C15H23NO2. The topological polar surface area (TPSA) is 30.5 Å². The van der Waals surface area contributed by atoms with E-state index in [9.17, 15) is 0 Å². The minimum atomic E-state index is 0.146. The van der Waals surface area contributed by atoms with Gasteiger partial charge in [-0.15, -0.1) is 0 Å². The summed E-state index contributed by atoms with van der Waals surface area (Å²) in [4.78, 5) is 0. The minimum absolute atomic E-state index is 0.146. The summed E-state index contributed by atoms with van der Waals surface area (Å²) in [5.74, 6) is 0. The van der Waals surface area contributed by atoms with Crippen LogP contribution in [0.25, 0.3) is 0 Å². The van der Waals surface area contributed by atoms with Crippen LogP contribution in [0.2, 0.25) is 0 Å². The number of nitrogens with one attached hydrogen (secondary N) is 1. The highest BCUT2D eigenvalue weighted by molar-refractivity contribution is 5.30. The van der Waals surface area contributed by atoms with Gasteiger partial charge in [0.15, 0.2) is 0 Å². The van der Waals surface area contributed by atoms with Crippen molar-refractivity contribution < 1.29 is 9.47 Å². The maximum Gasteiger partial charge on any atom is 0.0928 e. The summed E-state index contributed by atoms with van der Waals surface area (Å²) in [6.45, 7) is 1.50. The molecule has 1 aromatic carbocycles. The van der Waals surface area contributed by atoms with Crippen LogP contribution in [0.5, 0.6) is 0 Å². The maximum absolute atomic E-state index is 5.36. The predicted octanol–water partition coefficient (Wildman–Crippen LogP) is 1.79. The lowest BCUT2D eigenvalue weighted by Crippen LogP contribution is -2.41. The third kappa shape index (κ3) is 3.55. The van der Waals surface area contributed by atoms with Crippen LogP contribution in [0.1, 0.15) is 17.5 Å². The average molecular weight is 249 g/mol. The molecule has 0 spiro atoms. The van der Waals surface area contributed by atoms with Gasteiger partial charge in [0.05, 0.1) is 12.7 Å². The number of methoxy groups -OCH3 is 2. The van der Waals surface area contributed by atoms with E-state index in [4.69, 9.17) is 9.47 Å². The Kier molecular flexibility index (Phi) is 5.17. The molecule has 100 valence electrons. The lowest BCUT2D eigenvalue weighted by atomic mass is 9.88. The van der Waals surface area contributed by atoms with E-state index in [0.29, 0.717) is 12.6 Å². The summed E-state index contributed by atoms with van der Waals surface area (Å²) < 4.78 is 10.5. The molecule has 1 aliphatic rings. The first-order valence-corrected chi connectivity index (χ1v) is 6.65. The molecule has 3 heteroatoms. The second-order valence-corrected chi connectivity index (χ2v) is 4.93. The molecular weight excluding hydrogens is 226 g/mol. The van der Waals surface area contributed by atoms with Gasteiger partial charge in [0.2, 0.25) is 0 Å². The highest BCUT2D eigenvalue weighted by Crippen LogP contribution is 2.20. The molecule has 0 fully saturated rings. The molecule has 2 rings (SSSR count). The number of fused-ring (bicyclic) bond motifs is 1. The summed E-state index contributed by atoms with van der Waals surface area (Å²) in [5.41, 5.74) is 3.00. The quantitative estimate of drug-likeness (QED) is 0.834. The number of hydrogen-bond acceptors (Lipinski definition) is 3. The summed E-state index contributed by atoms with van der Waals surface area (Å²) in [6.07, 6.45) is 3.66. The Morgan fingerprint density at radius 1 is 1.28 bits per heavy atom. The molecule has 0 amide bonds. The van der Waals surface area contributed by atoms with Gasteiger partial charge < -0.3 is 14.8 Å². The summed E-state index contributed by atoms with van der Waals surface area (Å²) in [5, 5.41) is 3.59. The molecule has 3 nitrogen and oxygen atoms in total. The van der Waals surface area contributed by atoms with Crippen LogP contribution in [0, 0.1) is 0 Å². The van der Waals surface area contributed by atoms with Crippen molar-refractivity contribution >= 4 is 0 Å². The smallest absolute Gasteiger partial charge is 0.0928 e. The van der Waals surface area contributed by atoms with Crippen molar-refractivity contribution in [1.29, 1.82) is 0 Å². The van der Waals surface area contributed by atoms with Gasteiger partial charge in [0.1, 0.15) is 0 Å². The predicted molar refractivity (Wildman–Crippen MR) is 72.9 cm³/mol. The van der Waals surface area contributed by atoms with Gasteiger partial charge in [-0.05, 0) is 30.4 Å². The van der Waals surface area contributed by atoms with E-state index in [0.717, 1.165) is 13.0 Å². The molecule has 2 unspecified atom stereocenters. The van der Waals surface area contributed by atoms with Crippen LogP contribution in [-0.2, 0) is 22.3 Å². The number of aryl methyl sites for hydroxylation is 1. The molecule has 0 saturated heterocycles. The van der Waals surface area contributed by atoms with Crippen LogP contribution >= 0.6 is 0 Å². The average Bonchev–Trinajstić information content (AvgIpc) is 2.43. The normalized spacial score (nSPS) is 20.4. The van der Waals surface area contributed by atoms with E-state index in [-0.39, 0.29) is 6.10 Å². The SMILES string of the molecule is COCC(CNC1CCc2ccccc2C1)OC.